The van der Waals surface area contributed by atoms with Gasteiger partial charge in [-0.15, -0.1) is 0 Å². The molecule has 102 valence electrons. The summed E-state index contributed by atoms with van der Waals surface area (Å²) in [6, 6.07) is 4.05. The van der Waals surface area contributed by atoms with Gasteiger partial charge in [0.2, 0.25) is 0 Å². The van der Waals surface area contributed by atoms with E-state index in [2.05, 4.69) is 31.9 Å². The molecule has 1 fully saturated rings. The summed E-state index contributed by atoms with van der Waals surface area (Å²) in [5.41, 5.74) is 0.376. The van der Waals surface area contributed by atoms with Crippen LogP contribution in [-0.2, 0) is 4.79 Å². The summed E-state index contributed by atoms with van der Waals surface area (Å²) in [4.78, 5) is 24.6. The molecular weight excluding hydrogens is 382 g/mol. The Morgan fingerprint density at radius 3 is 2.32 bits per heavy atom. The highest BCUT2D eigenvalue weighted by Gasteiger charge is 2.39. The second-order valence-electron chi connectivity index (χ2n) is 4.36. The van der Waals surface area contributed by atoms with Crippen molar-refractivity contribution in [1.29, 1.82) is 0 Å². The number of halogens is 2. The van der Waals surface area contributed by atoms with Gasteiger partial charge < -0.3 is 15.1 Å². The van der Waals surface area contributed by atoms with Crippen LogP contribution < -0.4 is 0 Å². The van der Waals surface area contributed by atoms with Crippen molar-refractivity contribution in [3.8, 4) is 0 Å². The molecule has 1 amide bonds. The predicted octanol–water partition coefficient (Wildman–Crippen LogP) is 1.87. The topological polar surface area (TPSA) is 77.8 Å². The number of aliphatic hydroxyl groups is 1. The predicted molar refractivity (Wildman–Crippen MR) is 74.9 cm³/mol. The summed E-state index contributed by atoms with van der Waals surface area (Å²) in [5, 5.41) is 18.6. The Morgan fingerprint density at radius 1 is 1.21 bits per heavy atom. The van der Waals surface area contributed by atoms with Crippen LogP contribution in [0.15, 0.2) is 27.1 Å². The van der Waals surface area contributed by atoms with E-state index in [9.17, 15) is 14.7 Å². The number of carboxylic acids is 1. The van der Waals surface area contributed by atoms with Gasteiger partial charge in [-0.25, -0.2) is 4.79 Å². The van der Waals surface area contributed by atoms with Crippen molar-refractivity contribution in [2.75, 3.05) is 6.54 Å². The summed E-state index contributed by atoms with van der Waals surface area (Å²) >= 11 is 6.56. The third-order valence-electron chi connectivity index (χ3n) is 2.93. The molecule has 0 bridgehead atoms. The van der Waals surface area contributed by atoms with Gasteiger partial charge in [0, 0.05) is 27.5 Å². The number of carboxylic acid groups (broad SMARTS) is 1. The number of benzene rings is 1. The second-order valence-corrected chi connectivity index (χ2v) is 6.19. The molecule has 2 N–H and O–H groups in total. The SMILES string of the molecule is O=C(O)[C@@H]1C[C@H](O)CN1C(=O)c1cc(Br)cc(Br)c1. The number of aliphatic carboxylic acids is 1. The van der Waals surface area contributed by atoms with Crippen LogP contribution in [0.5, 0.6) is 0 Å². The molecule has 1 aromatic rings. The minimum atomic E-state index is -1.10. The van der Waals surface area contributed by atoms with Crippen molar-refractivity contribution in [2.45, 2.75) is 18.6 Å². The molecule has 0 spiro atoms. The molecular formula is C12H11Br2NO4. The molecule has 1 aliphatic rings. The van der Waals surface area contributed by atoms with Crippen molar-refractivity contribution in [2.24, 2.45) is 0 Å². The van der Waals surface area contributed by atoms with E-state index in [4.69, 9.17) is 5.11 Å². The fourth-order valence-corrected chi connectivity index (χ4v) is 3.41. The van der Waals surface area contributed by atoms with Gasteiger partial charge in [0.15, 0.2) is 0 Å². The Kier molecular flexibility index (Phi) is 4.27. The summed E-state index contributed by atoms with van der Waals surface area (Å²) in [7, 11) is 0. The molecule has 7 heteroatoms. The van der Waals surface area contributed by atoms with E-state index in [-0.39, 0.29) is 13.0 Å². The van der Waals surface area contributed by atoms with Crippen LogP contribution in [-0.4, -0.2) is 45.7 Å². The van der Waals surface area contributed by atoms with Gasteiger partial charge in [-0.3, -0.25) is 4.79 Å². The number of likely N-dealkylation sites (tertiary alicyclic amines) is 1. The second kappa shape index (κ2) is 5.60. The van der Waals surface area contributed by atoms with E-state index >= 15 is 0 Å². The zero-order valence-corrected chi connectivity index (χ0v) is 12.9. The first-order valence-electron chi connectivity index (χ1n) is 5.56. The van der Waals surface area contributed by atoms with Crippen molar-refractivity contribution in [3.05, 3.63) is 32.7 Å². The Bertz CT molecular complexity index is 514. The molecule has 2 atom stereocenters. The number of carbonyl (C=O) groups excluding carboxylic acids is 1. The summed E-state index contributed by atoms with van der Waals surface area (Å²) in [6.07, 6.45) is -0.725. The van der Waals surface area contributed by atoms with Crippen molar-refractivity contribution < 1.29 is 19.8 Å². The average molecular weight is 393 g/mol. The maximum absolute atomic E-state index is 12.3. The maximum Gasteiger partial charge on any atom is 0.326 e. The number of nitrogens with zero attached hydrogens (tertiary/aromatic N) is 1. The van der Waals surface area contributed by atoms with Crippen molar-refractivity contribution >= 4 is 43.7 Å². The number of carbonyl (C=O) groups is 2. The van der Waals surface area contributed by atoms with Crippen LogP contribution in [0.1, 0.15) is 16.8 Å². The zero-order chi connectivity index (χ0) is 14.2. The van der Waals surface area contributed by atoms with Gasteiger partial charge in [-0.05, 0) is 18.2 Å². The van der Waals surface area contributed by atoms with Crippen LogP contribution in [0, 0.1) is 0 Å². The largest absolute Gasteiger partial charge is 0.480 e. The molecule has 19 heavy (non-hydrogen) atoms. The Morgan fingerprint density at radius 2 is 1.79 bits per heavy atom. The Labute approximate surface area is 126 Å². The average Bonchev–Trinajstić information content (AvgIpc) is 2.69. The molecule has 0 aliphatic carbocycles. The Balaban J connectivity index is 2.30. The first-order valence-corrected chi connectivity index (χ1v) is 7.15. The lowest BCUT2D eigenvalue weighted by molar-refractivity contribution is -0.141. The highest BCUT2D eigenvalue weighted by molar-refractivity contribution is 9.11. The smallest absolute Gasteiger partial charge is 0.326 e. The number of amides is 1. The molecule has 1 heterocycles. The standard InChI is InChI=1S/C12H11Br2NO4/c13-7-1-6(2-8(14)3-7)11(17)15-5-9(16)4-10(15)12(18)19/h1-3,9-10,16H,4-5H2,(H,18,19)/t9-,10-/m0/s1. The number of hydrogen-bond donors (Lipinski definition) is 2. The van der Waals surface area contributed by atoms with E-state index in [1.807, 2.05) is 0 Å². The monoisotopic (exact) mass is 391 g/mol. The van der Waals surface area contributed by atoms with Crippen LogP contribution in [0.4, 0.5) is 0 Å². The fraction of sp³-hybridized carbons (Fsp3) is 0.333. The number of hydrogen-bond acceptors (Lipinski definition) is 3. The maximum atomic E-state index is 12.3. The van der Waals surface area contributed by atoms with E-state index in [0.29, 0.717) is 5.56 Å². The summed E-state index contributed by atoms with van der Waals surface area (Å²) in [5.74, 6) is -1.50. The Hall–Kier alpha value is -0.920. The molecule has 2 rings (SSSR count). The molecule has 1 saturated heterocycles. The van der Waals surface area contributed by atoms with Crippen LogP contribution >= 0.6 is 31.9 Å². The van der Waals surface area contributed by atoms with Gasteiger partial charge in [-0.2, -0.15) is 0 Å². The van der Waals surface area contributed by atoms with E-state index in [0.717, 1.165) is 8.95 Å². The zero-order valence-electron chi connectivity index (χ0n) is 9.72. The lowest BCUT2D eigenvalue weighted by Gasteiger charge is -2.21. The van der Waals surface area contributed by atoms with E-state index < -0.39 is 24.0 Å². The molecule has 5 nitrogen and oxygen atoms in total. The fourth-order valence-electron chi connectivity index (χ4n) is 2.12. The third-order valence-corrected chi connectivity index (χ3v) is 3.85. The first-order chi connectivity index (χ1) is 8.88. The van der Waals surface area contributed by atoms with Gasteiger partial charge in [0.25, 0.3) is 5.91 Å². The summed E-state index contributed by atoms with van der Waals surface area (Å²) in [6.45, 7) is 0.0416. The molecule has 1 aromatic carbocycles. The van der Waals surface area contributed by atoms with Gasteiger partial charge in [0.05, 0.1) is 6.10 Å². The van der Waals surface area contributed by atoms with Crippen LogP contribution in [0.2, 0.25) is 0 Å². The number of rotatable bonds is 2. The van der Waals surface area contributed by atoms with Crippen LogP contribution in [0.25, 0.3) is 0 Å². The minimum Gasteiger partial charge on any atom is -0.480 e. The van der Waals surface area contributed by atoms with E-state index in [1.165, 1.54) is 4.90 Å². The number of β-amino-alcohol motifs (C(OH)–C–C–N with tert-alkyl or cyclic N) is 1. The molecule has 0 radical (unpaired) electrons. The lowest BCUT2D eigenvalue weighted by atomic mass is 10.1. The van der Waals surface area contributed by atoms with Gasteiger partial charge in [-0.1, -0.05) is 31.9 Å². The van der Waals surface area contributed by atoms with E-state index in [1.54, 1.807) is 18.2 Å². The quantitative estimate of drug-likeness (QED) is 0.805. The summed E-state index contributed by atoms with van der Waals surface area (Å²) < 4.78 is 1.44. The lowest BCUT2D eigenvalue weighted by Crippen LogP contribution is -2.40. The van der Waals surface area contributed by atoms with Gasteiger partial charge >= 0.3 is 5.97 Å². The van der Waals surface area contributed by atoms with Crippen molar-refractivity contribution in [3.63, 3.8) is 0 Å². The molecule has 0 unspecified atom stereocenters. The van der Waals surface area contributed by atoms with Crippen LogP contribution in [0.3, 0.4) is 0 Å². The molecule has 1 aliphatic heterocycles. The van der Waals surface area contributed by atoms with Gasteiger partial charge in [0.1, 0.15) is 6.04 Å². The highest BCUT2D eigenvalue weighted by atomic mass is 79.9. The normalized spacial score (nSPS) is 22.6. The van der Waals surface area contributed by atoms with Crippen molar-refractivity contribution in [1.82, 2.24) is 4.90 Å². The molecule has 0 saturated carbocycles. The first kappa shape index (κ1) is 14.5. The molecule has 0 aromatic heterocycles. The minimum absolute atomic E-state index is 0.0416. The third kappa shape index (κ3) is 3.16. The number of aliphatic hydroxyl groups excluding tert-OH is 1. The highest BCUT2D eigenvalue weighted by Crippen LogP contribution is 2.25.